The van der Waals surface area contributed by atoms with E-state index in [4.69, 9.17) is 0 Å². The van der Waals surface area contributed by atoms with Crippen LogP contribution >= 0.6 is 27.3 Å². The van der Waals surface area contributed by atoms with E-state index in [9.17, 15) is 4.79 Å². The summed E-state index contributed by atoms with van der Waals surface area (Å²) >= 11 is 4.98. The zero-order valence-corrected chi connectivity index (χ0v) is 12.7. The molecule has 0 aromatic carbocycles. The molecule has 0 aliphatic rings. The van der Waals surface area contributed by atoms with Crippen LogP contribution in [0.3, 0.4) is 0 Å². The molecule has 0 spiro atoms. The lowest BCUT2D eigenvalue weighted by Gasteiger charge is -2.05. The van der Waals surface area contributed by atoms with Gasteiger partial charge < -0.3 is 10.6 Å². The van der Waals surface area contributed by atoms with Crippen molar-refractivity contribution < 1.29 is 4.79 Å². The lowest BCUT2D eigenvalue weighted by molar-refractivity contribution is 0.0946. The molecule has 1 amide bonds. The number of halogens is 1. The second-order valence-corrected chi connectivity index (χ2v) is 6.26. The number of carbonyl (C=O) groups excluding carboxylic acids is 1. The molecule has 2 aromatic heterocycles. The number of amides is 1. The first-order chi connectivity index (χ1) is 9.19. The Hall–Kier alpha value is -1.47. The smallest absolute Gasteiger partial charge is 0.271 e. The Kier molecular flexibility index (Phi) is 4.86. The zero-order valence-electron chi connectivity index (χ0n) is 10.3. The third-order valence-corrected chi connectivity index (χ3v) is 3.90. The molecule has 2 aromatic rings. The molecule has 0 saturated carbocycles. The summed E-state index contributed by atoms with van der Waals surface area (Å²) in [4.78, 5) is 21.2. The largest absolute Gasteiger partial charge is 0.369 e. The van der Waals surface area contributed by atoms with E-state index in [0.29, 0.717) is 18.1 Å². The third-order valence-electron chi connectivity index (χ3n) is 2.28. The van der Waals surface area contributed by atoms with E-state index in [1.165, 1.54) is 6.20 Å². The van der Waals surface area contributed by atoms with Crippen molar-refractivity contribution in [1.29, 1.82) is 0 Å². The van der Waals surface area contributed by atoms with Gasteiger partial charge in [-0.2, -0.15) is 0 Å². The van der Waals surface area contributed by atoms with Crippen LogP contribution in [0.1, 0.15) is 22.3 Å². The highest BCUT2D eigenvalue weighted by Crippen LogP contribution is 2.21. The maximum Gasteiger partial charge on any atom is 0.271 e. The van der Waals surface area contributed by atoms with E-state index in [1.807, 2.05) is 19.1 Å². The highest BCUT2D eigenvalue weighted by Gasteiger charge is 2.09. The fourth-order valence-electron chi connectivity index (χ4n) is 1.45. The van der Waals surface area contributed by atoms with Crippen molar-refractivity contribution in [3.8, 4) is 0 Å². The monoisotopic (exact) mass is 340 g/mol. The van der Waals surface area contributed by atoms with Crippen LogP contribution in [0.4, 0.5) is 5.82 Å². The van der Waals surface area contributed by atoms with Gasteiger partial charge in [0.25, 0.3) is 5.91 Å². The highest BCUT2D eigenvalue weighted by molar-refractivity contribution is 9.11. The molecule has 0 unspecified atom stereocenters. The average Bonchev–Trinajstić information content (AvgIpc) is 2.82. The molecule has 0 radical (unpaired) electrons. The van der Waals surface area contributed by atoms with E-state index >= 15 is 0 Å². The summed E-state index contributed by atoms with van der Waals surface area (Å²) in [5.74, 6) is 0.380. The molecular weight excluding hydrogens is 328 g/mol. The third kappa shape index (κ3) is 4.00. The number of anilines is 1. The van der Waals surface area contributed by atoms with E-state index in [0.717, 1.165) is 15.2 Å². The van der Waals surface area contributed by atoms with Crippen molar-refractivity contribution in [2.24, 2.45) is 0 Å². The fourth-order valence-corrected chi connectivity index (χ4v) is 2.87. The maximum atomic E-state index is 11.9. The number of rotatable bonds is 5. The second kappa shape index (κ2) is 6.63. The summed E-state index contributed by atoms with van der Waals surface area (Å²) in [5.41, 5.74) is 0.314. The lowest BCUT2D eigenvalue weighted by Crippen LogP contribution is -2.23. The Labute approximate surface area is 123 Å². The molecule has 0 atom stereocenters. The molecule has 5 nitrogen and oxygen atoms in total. The van der Waals surface area contributed by atoms with Crippen molar-refractivity contribution in [1.82, 2.24) is 15.3 Å². The fraction of sp³-hybridized carbons (Fsp3) is 0.250. The van der Waals surface area contributed by atoms with Gasteiger partial charge in [-0.15, -0.1) is 11.3 Å². The summed E-state index contributed by atoms with van der Waals surface area (Å²) in [6.07, 6.45) is 3.05. The van der Waals surface area contributed by atoms with Crippen LogP contribution in [0.2, 0.25) is 0 Å². The number of nitrogens with zero attached hydrogens (tertiary/aromatic N) is 2. The topological polar surface area (TPSA) is 66.9 Å². The SMILES string of the molecule is CCNc1cncc(C(=O)NCc2ccc(Br)s2)n1. The van der Waals surface area contributed by atoms with Crippen molar-refractivity contribution in [3.05, 3.63) is 38.9 Å². The van der Waals surface area contributed by atoms with Crippen LogP contribution < -0.4 is 10.6 Å². The molecule has 2 rings (SSSR count). The minimum atomic E-state index is -0.225. The molecule has 0 bridgehead atoms. The number of aromatic nitrogens is 2. The van der Waals surface area contributed by atoms with Gasteiger partial charge in [-0.1, -0.05) is 0 Å². The molecule has 2 N–H and O–H groups in total. The molecule has 7 heteroatoms. The molecule has 0 aliphatic heterocycles. The molecule has 0 fully saturated rings. The first kappa shape index (κ1) is 14.0. The van der Waals surface area contributed by atoms with Gasteiger partial charge in [0.15, 0.2) is 0 Å². The van der Waals surface area contributed by atoms with E-state index in [2.05, 4.69) is 36.5 Å². The molecule has 2 heterocycles. The van der Waals surface area contributed by atoms with Crippen LogP contribution in [0.5, 0.6) is 0 Å². The van der Waals surface area contributed by atoms with Gasteiger partial charge in [-0.25, -0.2) is 4.98 Å². The maximum absolute atomic E-state index is 11.9. The van der Waals surface area contributed by atoms with Crippen LogP contribution in [-0.4, -0.2) is 22.4 Å². The van der Waals surface area contributed by atoms with Crippen LogP contribution in [0, 0.1) is 0 Å². The molecule has 100 valence electrons. The van der Waals surface area contributed by atoms with Gasteiger partial charge >= 0.3 is 0 Å². The summed E-state index contributed by atoms with van der Waals surface area (Å²) in [7, 11) is 0. The van der Waals surface area contributed by atoms with Gasteiger partial charge in [0.2, 0.25) is 0 Å². The normalized spacial score (nSPS) is 10.2. The Morgan fingerprint density at radius 1 is 1.42 bits per heavy atom. The quantitative estimate of drug-likeness (QED) is 0.877. The summed E-state index contributed by atoms with van der Waals surface area (Å²) in [6, 6.07) is 3.92. The van der Waals surface area contributed by atoms with E-state index < -0.39 is 0 Å². The first-order valence-corrected chi connectivity index (χ1v) is 7.38. The highest BCUT2D eigenvalue weighted by atomic mass is 79.9. The number of thiophene rings is 1. The molecule has 0 saturated heterocycles. The minimum Gasteiger partial charge on any atom is -0.369 e. The van der Waals surface area contributed by atoms with Gasteiger partial charge in [-0.3, -0.25) is 9.78 Å². The zero-order chi connectivity index (χ0) is 13.7. The first-order valence-electron chi connectivity index (χ1n) is 5.77. The summed E-state index contributed by atoms with van der Waals surface area (Å²) in [5, 5.41) is 5.84. The van der Waals surface area contributed by atoms with Crippen LogP contribution in [-0.2, 0) is 6.54 Å². The molecule has 0 aliphatic carbocycles. The van der Waals surface area contributed by atoms with Gasteiger partial charge in [0.1, 0.15) is 11.5 Å². The average molecular weight is 341 g/mol. The van der Waals surface area contributed by atoms with Crippen molar-refractivity contribution in [2.45, 2.75) is 13.5 Å². The lowest BCUT2D eigenvalue weighted by atomic mass is 10.4. The van der Waals surface area contributed by atoms with E-state index in [1.54, 1.807) is 17.5 Å². The predicted molar refractivity (Wildman–Crippen MR) is 79.4 cm³/mol. The Bertz CT molecular complexity index is 572. The van der Waals surface area contributed by atoms with Gasteiger partial charge in [0.05, 0.1) is 22.7 Å². The minimum absolute atomic E-state index is 0.225. The van der Waals surface area contributed by atoms with Crippen molar-refractivity contribution in [3.63, 3.8) is 0 Å². The predicted octanol–water partition coefficient (Wildman–Crippen LogP) is 2.66. The Balaban J connectivity index is 1.97. The number of hydrogen-bond acceptors (Lipinski definition) is 5. The van der Waals surface area contributed by atoms with Crippen LogP contribution in [0.15, 0.2) is 28.3 Å². The second-order valence-electron chi connectivity index (χ2n) is 3.71. The molecule has 19 heavy (non-hydrogen) atoms. The van der Waals surface area contributed by atoms with Gasteiger partial charge in [-0.05, 0) is 35.0 Å². The number of hydrogen-bond donors (Lipinski definition) is 2. The summed E-state index contributed by atoms with van der Waals surface area (Å²) in [6.45, 7) is 3.19. The van der Waals surface area contributed by atoms with Crippen molar-refractivity contribution in [2.75, 3.05) is 11.9 Å². The van der Waals surface area contributed by atoms with Crippen LogP contribution in [0.25, 0.3) is 0 Å². The standard InChI is InChI=1S/C12H13BrN4OS/c1-2-15-11-7-14-6-9(17-11)12(18)16-5-8-3-4-10(13)19-8/h3-4,6-7H,2,5H2,1H3,(H,15,17)(H,16,18). The van der Waals surface area contributed by atoms with Gasteiger partial charge in [0, 0.05) is 11.4 Å². The van der Waals surface area contributed by atoms with Crippen molar-refractivity contribution >= 4 is 39.0 Å². The Morgan fingerprint density at radius 3 is 2.95 bits per heavy atom. The van der Waals surface area contributed by atoms with E-state index in [-0.39, 0.29) is 5.91 Å². The Morgan fingerprint density at radius 2 is 2.26 bits per heavy atom. The summed E-state index contributed by atoms with van der Waals surface area (Å²) < 4.78 is 1.05. The number of nitrogens with one attached hydrogen (secondary N) is 2. The molecular formula is C12H13BrN4OS. The number of carbonyl (C=O) groups is 1.